The van der Waals surface area contributed by atoms with E-state index in [-0.39, 0.29) is 17.7 Å². The Bertz CT molecular complexity index is 830. The number of para-hydroxylation sites is 1. The predicted molar refractivity (Wildman–Crippen MR) is 119 cm³/mol. The molecule has 3 heterocycles. The fourth-order valence-electron chi connectivity index (χ4n) is 4.86. The van der Waals surface area contributed by atoms with Gasteiger partial charge < -0.3 is 20.1 Å². The molecule has 6 heteroatoms. The lowest BCUT2D eigenvalue weighted by Gasteiger charge is -2.34. The van der Waals surface area contributed by atoms with Gasteiger partial charge in [0.2, 0.25) is 5.91 Å². The lowest BCUT2D eigenvalue weighted by Crippen LogP contribution is -2.43. The smallest absolute Gasteiger partial charge is 0.270 e. The second-order valence-electron chi connectivity index (χ2n) is 8.88. The van der Waals surface area contributed by atoms with Crippen molar-refractivity contribution in [1.82, 2.24) is 20.1 Å². The zero-order chi connectivity index (χ0) is 20.9. The molecule has 2 N–H and O–H groups in total. The van der Waals surface area contributed by atoms with Gasteiger partial charge in [-0.1, -0.05) is 25.1 Å². The normalized spacial score (nSPS) is 19.3. The number of amides is 2. The van der Waals surface area contributed by atoms with Crippen LogP contribution in [-0.2, 0) is 4.79 Å². The summed E-state index contributed by atoms with van der Waals surface area (Å²) in [6, 6.07) is 9.89. The van der Waals surface area contributed by atoms with Crippen molar-refractivity contribution in [2.75, 3.05) is 39.3 Å². The van der Waals surface area contributed by atoms with Gasteiger partial charge in [0, 0.05) is 36.5 Å². The van der Waals surface area contributed by atoms with Gasteiger partial charge >= 0.3 is 0 Å². The third-order valence-electron chi connectivity index (χ3n) is 6.86. The first-order chi connectivity index (χ1) is 14.6. The fourth-order valence-corrected chi connectivity index (χ4v) is 4.86. The molecule has 6 nitrogen and oxygen atoms in total. The molecule has 2 aliphatic heterocycles. The number of rotatable bonds is 7. The van der Waals surface area contributed by atoms with E-state index in [2.05, 4.69) is 15.2 Å². The van der Waals surface area contributed by atoms with Gasteiger partial charge in [-0.2, -0.15) is 0 Å². The Labute approximate surface area is 179 Å². The maximum Gasteiger partial charge on any atom is 0.270 e. The lowest BCUT2D eigenvalue weighted by molar-refractivity contribution is -0.126. The number of fused-ring (bicyclic) bond motifs is 1. The molecule has 1 aromatic heterocycles. The summed E-state index contributed by atoms with van der Waals surface area (Å²) in [5.41, 5.74) is 1.64. The van der Waals surface area contributed by atoms with Crippen LogP contribution >= 0.6 is 0 Å². The number of piperidine rings is 1. The van der Waals surface area contributed by atoms with Crippen molar-refractivity contribution in [2.24, 2.45) is 11.8 Å². The molecule has 2 fully saturated rings. The van der Waals surface area contributed by atoms with Gasteiger partial charge in [0.25, 0.3) is 5.91 Å². The molecule has 0 aliphatic carbocycles. The number of likely N-dealkylation sites (tertiary alicyclic amines) is 2. The van der Waals surface area contributed by atoms with Gasteiger partial charge in [0.05, 0.1) is 0 Å². The molecule has 1 atom stereocenters. The Hall–Kier alpha value is -2.34. The van der Waals surface area contributed by atoms with Crippen molar-refractivity contribution in [3.05, 3.63) is 36.0 Å². The van der Waals surface area contributed by atoms with Crippen LogP contribution in [0.3, 0.4) is 0 Å². The molecular weight excluding hydrogens is 376 g/mol. The molecule has 1 unspecified atom stereocenters. The van der Waals surface area contributed by atoms with E-state index in [0.29, 0.717) is 24.7 Å². The molecule has 4 rings (SSSR count). The Kier molecular flexibility index (Phi) is 6.72. The number of nitrogens with one attached hydrogen (secondary N) is 2. The van der Waals surface area contributed by atoms with Crippen molar-refractivity contribution in [3.8, 4) is 0 Å². The summed E-state index contributed by atoms with van der Waals surface area (Å²) in [5, 5.41) is 4.19. The number of aromatic amines is 1. The number of nitrogens with zero attached hydrogens (tertiary/aromatic N) is 2. The number of hydrogen-bond donors (Lipinski definition) is 2. The third kappa shape index (κ3) is 4.86. The number of aromatic nitrogens is 1. The van der Waals surface area contributed by atoms with E-state index in [9.17, 15) is 9.59 Å². The maximum atomic E-state index is 12.9. The highest BCUT2D eigenvalue weighted by Gasteiger charge is 2.30. The van der Waals surface area contributed by atoms with Crippen LogP contribution in [0.5, 0.6) is 0 Å². The topological polar surface area (TPSA) is 68.4 Å². The second-order valence-corrected chi connectivity index (χ2v) is 8.88. The van der Waals surface area contributed by atoms with Crippen molar-refractivity contribution >= 4 is 22.7 Å². The van der Waals surface area contributed by atoms with Gasteiger partial charge in [0.1, 0.15) is 5.69 Å². The fraction of sp³-hybridized carbons (Fsp3) is 0.583. The zero-order valence-corrected chi connectivity index (χ0v) is 18.0. The van der Waals surface area contributed by atoms with E-state index < -0.39 is 0 Å². The molecular formula is C24H34N4O2. The van der Waals surface area contributed by atoms with E-state index >= 15 is 0 Å². The van der Waals surface area contributed by atoms with Gasteiger partial charge in [-0.25, -0.2) is 0 Å². The highest BCUT2D eigenvalue weighted by Crippen LogP contribution is 2.26. The molecule has 1 aromatic carbocycles. The Morgan fingerprint density at radius 1 is 1.13 bits per heavy atom. The monoisotopic (exact) mass is 410 g/mol. The van der Waals surface area contributed by atoms with Crippen LogP contribution in [0, 0.1) is 11.8 Å². The third-order valence-corrected chi connectivity index (χ3v) is 6.86. The first-order valence-corrected chi connectivity index (χ1v) is 11.5. The van der Waals surface area contributed by atoms with E-state index in [1.54, 1.807) is 0 Å². The molecule has 2 saturated heterocycles. The summed E-state index contributed by atoms with van der Waals surface area (Å²) < 4.78 is 0. The Morgan fingerprint density at radius 2 is 1.87 bits per heavy atom. The van der Waals surface area contributed by atoms with Crippen LogP contribution in [0.4, 0.5) is 0 Å². The van der Waals surface area contributed by atoms with Gasteiger partial charge in [0.15, 0.2) is 0 Å². The minimum Gasteiger partial charge on any atom is -0.356 e. The van der Waals surface area contributed by atoms with Gasteiger partial charge in [-0.3, -0.25) is 9.59 Å². The van der Waals surface area contributed by atoms with Gasteiger partial charge in [-0.05, 0) is 69.8 Å². The molecule has 2 amide bonds. The average molecular weight is 411 g/mol. The predicted octanol–water partition coefficient (Wildman–Crippen LogP) is 3.26. The van der Waals surface area contributed by atoms with Crippen LogP contribution in [0.25, 0.3) is 10.9 Å². The Balaban J connectivity index is 1.21. The number of hydrogen-bond acceptors (Lipinski definition) is 3. The molecule has 2 aromatic rings. The first kappa shape index (κ1) is 20.9. The summed E-state index contributed by atoms with van der Waals surface area (Å²) in [6.07, 6.45) is 5.41. The molecule has 0 saturated carbocycles. The SMILES string of the molecule is CC(C(=O)NCCCN1CCCC1)C1CCN(C(=O)c2cc3ccccc3[nH]2)CC1. The van der Waals surface area contributed by atoms with E-state index in [1.165, 1.54) is 25.9 Å². The highest BCUT2D eigenvalue weighted by molar-refractivity contribution is 5.98. The van der Waals surface area contributed by atoms with Crippen LogP contribution in [0.15, 0.2) is 30.3 Å². The number of carbonyl (C=O) groups is 2. The van der Waals surface area contributed by atoms with Crippen LogP contribution in [-0.4, -0.2) is 65.9 Å². The Morgan fingerprint density at radius 3 is 2.60 bits per heavy atom. The minimum absolute atomic E-state index is 0.00196. The first-order valence-electron chi connectivity index (χ1n) is 11.5. The van der Waals surface area contributed by atoms with E-state index in [0.717, 1.165) is 43.3 Å². The second kappa shape index (κ2) is 9.65. The zero-order valence-electron chi connectivity index (χ0n) is 18.0. The van der Waals surface area contributed by atoms with Crippen molar-refractivity contribution in [1.29, 1.82) is 0 Å². The minimum atomic E-state index is 0.00196. The van der Waals surface area contributed by atoms with Crippen LogP contribution in [0.1, 0.15) is 49.5 Å². The van der Waals surface area contributed by atoms with Crippen LogP contribution < -0.4 is 5.32 Å². The number of carbonyl (C=O) groups excluding carboxylic acids is 2. The molecule has 2 aliphatic rings. The standard InChI is InChI=1S/C24H34N4O2/c1-18(23(29)25-11-6-14-27-12-4-5-13-27)19-9-15-28(16-10-19)24(30)22-17-20-7-2-3-8-21(20)26-22/h2-3,7-8,17-19,26H,4-6,9-16H2,1H3,(H,25,29). The highest BCUT2D eigenvalue weighted by atomic mass is 16.2. The molecule has 30 heavy (non-hydrogen) atoms. The van der Waals surface area contributed by atoms with Gasteiger partial charge in [-0.15, -0.1) is 0 Å². The lowest BCUT2D eigenvalue weighted by atomic mass is 9.84. The average Bonchev–Trinajstić information content (AvgIpc) is 3.45. The van der Waals surface area contributed by atoms with E-state index in [4.69, 9.17) is 0 Å². The summed E-state index contributed by atoms with van der Waals surface area (Å²) in [4.78, 5) is 33.1. The van der Waals surface area contributed by atoms with Crippen molar-refractivity contribution < 1.29 is 9.59 Å². The summed E-state index contributed by atoms with van der Waals surface area (Å²) >= 11 is 0. The molecule has 0 radical (unpaired) electrons. The molecule has 0 spiro atoms. The summed E-state index contributed by atoms with van der Waals surface area (Å²) in [5.74, 6) is 0.568. The number of H-pyrrole nitrogens is 1. The molecule has 0 bridgehead atoms. The quantitative estimate of drug-likeness (QED) is 0.689. The largest absolute Gasteiger partial charge is 0.356 e. The maximum absolute atomic E-state index is 12.9. The van der Waals surface area contributed by atoms with Crippen molar-refractivity contribution in [3.63, 3.8) is 0 Å². The summed E-state index contributed by atoms with van der Waals surface area (Å²) in [7, 11) is 0. The number of benzene rings is 1. The summed E-state index contributed by atoms with van der Waals surface area (Å²) in [6.45, 7) is 7.73. The molecule has 162 valence electrons. The van der Waals surface area contributed by atoms with Crippen LogP contribution in [0.2, 0.25) is 0 Å². The van der Waals surface area contributed by atoms with E-state index in [1.807, 2.05) is 42.2 Å². The van der Waals surface area contributed by atoms with Crippen molar-refractivity contribution in [2.45, 2.75) is 39.0 Å².